The van der Waals surface area contributed by atoms with Gasteiger partial charge in [-0.1, -0.05) is 11.6 Å². The maximum atomic E-state index is 12.9. The Morgan fingerprint density at radius 2 is 2.06 bits per heavy atom. The van der Waals surface area contributed by atoms with E-state index in [1.807, 2.05) is 45.2 Å². The van der Waals surface area contributed by atoms with Gasteiger partial charge in [0.2, 0.25) is 0 Å². The number of ether oxygens (including phenoxy) is 2. The largest absolute Gasteiger partial charge is 0.444 e. The number of pyridine rings is 1. The zero-order valence-electron chi connectivity index (χ0n) is 21.1. The molecule has 2 aliphatic heterocycles. The van der Waals surface area contributed by atoms with Crippen LogP contribution >= 0.6 is 22.9 Å². The van der Waals surface area contributed by atoms with Crippen molar-refractivity contribution < 1.29 is 19.4 Å². The standard InChI is InChI=1S/C27H32ClN3O4S/c1-27(2,3)35-26(33)30-13-22(23(14-30)34-4)31-9-5-6-16-10-17(28)11-20(24(16)31)19-7-8-29-21-12-18(15-32)36-25(19)21/h7-8,10-12,22-23,32H,5-6,9,13-15H2,1-4H3. The first kappa shape index (κ1) is 25.3. The molecule has 0 saturated carbocycles. The number of aryl methyl sites for hydroxylation is 1. The number of aliphatic hydroxyl groups excluding tert-OH is 1. The Bertz CT molecular complexity index is 1290. The Morgan fingerprint density at radius 1 is 1.25 bits per heavy atom. The highest BCUT2D eigenvalue weighted by atomic mass is 35.5. The van der Waals surface area contributed by atoms with Crippen LogP contribution in [0.15, 0.2) is 30.5 Å². The number of carbonyl (C=O) groups is 1. The fourth-order valence-electron chi connectivity index (χ4n) is 5.31. The molecule has 7 nitrogen and oxygen atoms in total. The topological polar surface area (TPSA) is 75.1 Å². The average Bonchev–Trinajstić information content (AvgIpc) is 3.46. The summed E-state index contributed by atoms with van der Waals surface area (Å²) in [6.45, 7) is 7.48. The summed E-state index contributed by atoms with van der Waals surface area (Å²) in [5, 5.41) is 10.4. The SMILES string of the molecule is COC1CN(C(=O)OC(C)(C)C)CC1N1CCCc2cc(Cl)cc(-c3ccnc4cc(CO)sc34)c21. The fourth-order valence-corrected chi connectivity index (χ4v) is 6.56. The number of rotatable bonds is 4. The minimum Gasteiger partial charge on any atom is -0.444 e. The molecule has 1 N–H and O–H groups in total. The average molecular weight is 530 g/mol. The molecular weight excluding hydrogens is 498 g/mol. The second kappa shape index (κ2) is 9.82. The number of hydrogen-bond donors (Lipinski definition) is 1. The lowest BCUT2D eigenvalue weighted by Gasteiger charge is -2.39. The van der Waals surface area contributed by atoms with Gasteiger partial charge in [0.1, 0.15) is 5.60 Å². The molecule has 192 valence electrons. The van der Waals surface area contributed by atoms with E-state index in [1.54, 1.807) is 23.3 Å². The van der Waals surface area contributed by atoms with Gasteiger partial charge in [-0.05, 0) is 63.4 Å². The number of carbonyl (C=O) groups excluding carboxylic acids is 1. The Hall–Kier alpha value is -2.39. The summed E-state index contributed by atoms with van der Waals surface area (Å²) >= 11 is 8.20. The lowest BCUT2D eigenvalue weighted by molar-refractivity contribution is 0.0252. The molecule has 1 aromatic carbocycles. The minimum absolute atomic E-state index is 0.0155. The number of anilines is 1. The van der Waals surface area contributed by atoms with Crippen LogP contribution in [0.3, 0.4) is 0 Å². The van der Waals surface area contributed by atoms with Crippen LogP contribution in [0.2, 0.25) is 5.02 Å². The number of aliphatic hydroxyl groups is 1. The van der Waals surface area contributed by atoms with E-state index in [1.165, 1.54) is 5.56 Å². The van der Waals surface area contributed by atoms with Crippen LogP contribution in [-0.2, 0) is 22.5 Å². The predicted octanol–water partition coefficient (Wildman–Crippen LogP) is 5.50. The van der Waals surface area contributed by atoms with Gasteiger partial charge in [-0.25, -0.2) is 4.79 Å². The molecule has 0 radical (unpaired) electrons. The zero-order valence-corrected chi connectivity index (χ0v) is 22.7. The summed E-state index contributed by atoms with van der Waals surface area (Å²) < 4.78 is 12.6. The van der Waals surface area contributed by atoms with E-state index < -0.39 is 5.60 Å². The molecule has 36 heavy (non-hydrogen) atoms. The van der Waals surface area contributed by atoms with Gasteiger partial charge >= 0.3 is 6.09 Å². The molecule has 2 atom stereocenters. The van der Waals surface area contributed by atoms with Crippen molar-refractivity contribution in [1.82, 2.24) is 9.88 Å². The molecule has 1 fully saturated rings. The third kappa shape index (κ3) is 4.79. The van der Waals surface area contributed by atoms with Crippen molar-refractivity contribution in [2.45, 2.75) is 58.0 Å². The van der Waals surface area contributed by atoms with Crippen LogP contribution in [-0.4, -0.2) is 65.6 Å². The van der Waals surface area contributed by atoms with Gasteiger partial charge in [-0.2, -0.15) is 0 Å². The minimum atomic E-state index is -0.555. The number of methoxy groups -OCH3 is 1. The van der Waals surface area contributed by atoms with E-state index in [-0.39, 0.29) is 24.8 Å². The maximum Gasteiger partial charge on any atom is 0.410 e. The van der Waals surface area contributed by atoms with Gasteiger partial charge in [0.05, 0.1) is 35.5 Å². The lowest BCUT2D eigenvalue weighted by atomic mass is 9.92. The Labute approximate surface area is 220 Å². The number of thiophene rings is 1. The van der Waals surface area contributed by atoms with Crippen molar-refractivity contribution in [3.05, 3.63) is 45.9 Å². The van der Waals surface area contributed by atoms with Gasteiger partial charge in [-0.3, -0.25) is 4.98 Å². The number of fused-ring (bicyclic) bond motifs is 2. The molecule has 0 spiro atoms. The first-order chi connectivity index (χ1) is 17.2. The van der Waals surface area contributed by atoms with Crippen molar-refractivity contribution in [3.8, 4) is 11.1 Å². The van der Waals surface area contributed by atoms with E-state index in [2.05, 4.69) is 16.0 Å². The quantitative estimate of drug-likeness (QED) is 0.481. The molecule has 2 aromatic heterocycles. The van der Waals surface area contributed by atoms with Crippen LogP contribution < -0.4 is 4.90 Å². The molecule has 0 aliphatic carbocycles. The van der Waals surface area contributed by atoms with Gasteiger partial charge in [-0.15, -0.1) is 11.3 Å². The van der Waals surface area contributed by atoms with Gasteiger partial charge < -0.3 is 24.4 Å². The molecule has 2 unspecified atom stereocenters. The summed E-state index contributed by atoms with van der Waals surface area (Å²) in [5.74, 6) is 0. The highest BCUT2D eigenvalue weighted by Gasteiger charge is 2.42. The Morgan fingerprint density at radius 3 is 2.78 bits per heavy atom. The third-order valence-corrected chi connectivity index (χ3v) is 8.15. The van der Waals surface area contributed by atoms with Crippen molar-refractivity contribution >= 4 is 44.9 Å². The van der Waals surface area contributed by atoms with Crippen molar-refractivity contribution in [1.29, 1.82) is 0 Å². The monoisotopic (exact) mass is 529 g/mol. The van der Waals surface area contributed by atoms with E-state index in [9.17, 15) is 9.90 Å². The number of aromatic nitrogens is 1. The zero-order chi connectivity index (χ0) is 25.6. The highest BCUT2D eigenvalue weighted by molar-refractivity contribution is 7.19. The van der Waals surface area contributed by atoms with Crippen molar-refractivity contribution in [2.24, 2.45) is 0 Å². The van der Waals surface area contributed by atoms with Crippen molar-refractivity contribution in [2.75, 3.05) is 31.6 Å². The highest BCUT2D eigenvalue weighted by Crippen LogP contribution is 2.45. The molecule has 9 heteroatoms. The van der Waals surface area contributed by atoms with E-state index >= 15 is 0 Å². The molecule has 0 bridgehead atoms. The number of benzene rings is 1. The summed E-state index contributed by atoms with van der Waals surface area (Å²) in [6.07, 6.45) is 3.27. The van der Waals surface area contributed by atoms with E-state index in [0.717, 1.165) is 51.3 Å². The van der Waals surface area contributed by atoms with Crippen molar-refractivity contribution in [3.63, 3.8) is 0 Å². The maximum absolute atomic E-state index is 12.9. The van der Waals surface area contributed by atoms with Crippen LogP contribution in [0.1, 0.15) is 37.6 Å². The second-order valence-electron chi connectivity index (χ2n) is 10.4. The summed E-state index contributed by atoms with van der Waals surface area (Å²) in [6, 6.07) is 8.02. The Kier molecular flexibility index (Phi) is 6.89. The molecule has 1 amide bonds. The third-order valence-electron chi connectivity index (χ3n) is 6.79. The summed E-state index contributed by atoms with van der Waals surface area (Å²) in [4.78, 5) is 22.4. The van der Waals surface area contributed by atoms with E-state index in [0.29, 0.717) is 18.1 Å². The summed E-state index contributed by atoms with van der Waals surface area (Å²) in [5.41, 5.74) is 4.73. The molecule has 2 aliphatic rings. The normalized spacial score (nSPS) is 20.2. The molecule has 4 heterocycles. The van der Waals surface area contributed by atoms with Gasteiger partial charge in [0.15, 0.2) is 0 Å². The lowest BCUT2D eigenvalue weighted by Crippen LogP contribution is -2.47. The van der Waals surface area contributed by atoms with Gasteiger partial charge in [0, 0.05) is 53.1 Å². The number of hydrogen-bond acceptors (Lipinski definition) is 7. The van der Waals surface area contributed by atoms with Crippen LogP contribution in [0.4, 0.5) is 10.5 Å². The summed E-state index contributed by atoms with van der Waals surface area (Å²) in [7, 11) is 1.71. The van der Waals surface area contributed by atoms with Gasteiger partial charge in [0.25, 0.3) is 0 Å². The number of likely N-dealkylation sites (tertiary alicyclic amines) is 1. The van der Waals surface area contributed by atoms with Crippen LogP contribution in [0.25, 0.3) is 21.3 Å². The number of halogens is 1. The Balaban J connectivity index is 1.58. The smallest absolute Gasteiger partial charge is 0.410 e. The van der Waals surface area contributed by atoms with E-state index in [4.69, 9.17) is 21.1 Å². The molecular formula is C27H32ClN3O4S. The molecule has 3 aromatic rings. The van der Waals surface area contributed by atoms with Crippen LogP contribution in [0.5, 0.6) is 0 Å². The number of nitrogens with zero attached hydrogens (tertiary/aromatic N) is 3. The molecule has 1 saturated heterocycles. The van der Waals surface area contributed by atoms with Crippen LogP contribution in [0, 0.1) is 0 Å². The predicted molar refractivity (Wildman–Crippen MR) is 144 cm³/mol. The molecule has 5 rings (SSSR count). The first-order valence-corrected chi connectivity index (χ1v) is 13.5. The first-order valence-electron chi connectivity index (χ1n) is 12.3. The fraction of sp³-hybridized carbons (Fsp3) is 0.481. The number of amides is 1. The second-order valence-corrected chi connectivity index (χ2v) is 12.0.